The molecule has 0 bridgehead atoms. The molecule has 1 N–H and O–H groups in total. The van der Waals surface area contributed by atoms with Gasteiger partial charge in [0.15, 0.2) is 6.21 Å². The van der Waals surface area contributed by atoms with Gasteiger partial charge in [-0.05, 0) is 79.6 Å². The second kappa shape index (κ2) is 10.2. The Morgan fingerprint density at radius 3 is 2.67 bits per heavy atom. The fourth-order valence-corrected chi connectivity index (χ4v) is 7.50. The Morgan fingerprint density at radius 1 is 1.21 bits per heavy atom. The molecule has 2 aromatic carbocycles. The van der Waals surface area contributed by atoms with Crippen molar-refractivity contribution >= 4 is 45.5 Å². The van der Waals surface area contributed by atoms with Crippen LogP contribution in [-0.2, 0) is 19.5 Å². The van der Waals surface area contributed by atoms with Crippen LogP contribution in [0.3, 0.4) is 0 Å². The van der Waals surface area contributed by atoms with E-state index >= 15 is 0 Å². The van der Waals surface area contributed by atoms with Crippen LogP contribution in [0, 0.1) is 25.0 Å². The van der Waals surface area contributed by atoms with Crippen molar-refractivity contribution in [2.45, 2.75) is 49.3 Å². The molecule has 1 saturated carbocycles. The van der Waals surface area contributed by atoms with E-state index in [1.165, 1.54) is 31.6 Å². The lowest BCUT2D eigenvalue weighted by Crippen LogP contribution is -2.47. The van der Waals surface area contributed by atoms with Crippen LogP contribution in [0.15, 0.2) is 64.7 Å². The molecule has 0 radical (unpaired) electrons. The maximum atomic E-state index is 14.8. The molecule has 1 aliphatic heterocycles. The van der Waals surface area contributed by atoms with E-state index < -0.39 is 14.7 Å². The molecular weight excluding hydrogens is 536 g/mol. The number of benzene rings is 2. The molecule has 10 heteroatoms. The van der Waals surface area contributed by atoms with Gasteiger partial charge in [0.2, 0.25) is 5.91 Å². The number of fused-ring (bicyclic) bond motifs is 1. The van der Waals surface area contributed by atoms with Gasteiger partial charge in [-0.25, -0.2) is 8.42 Å². The Morgan fingerprint density at radius 2 is 1.95 bits per heavy atom. The fourth-order valence-electron chi connectivity index (χ4n) is 5.19. The number of hydroxylamine groups is 1. The Hall–Kier alpha value is -3.56. The summed E-state index contributed by atoms with van der Waals surface area (Å²) in [6, 6.07) is 11.8. The van der Waals surface area contributed by atoms with E-state index in [2.05, 4.69) is 15.3 Å². The normalized spacial score (nSPS) is 19.5. The van der Waals surface area contributed by atoms with Gasteiger partial charge in [0.1, 0.15) is 0 Å². The lowest BCUT2D eigenvalue weighted by molar-refractivity contribution is -0.499. The van der Waals surface area contributed by atoms with Crippen molar-refractivity contribution < 1.29 is 18.0 Å². The predicted octanol–water partition coefficient (Wildman–Crippen LogP) is 4.95. The number of hydrogen-bond acceptors (Lipinski definition) is 6. The number of sulfone groups is 1. The van der Waals surface area contributed by atoms with Crippen molar-refractivity contribution in [2.75, 3.05) is 6.54 Å². The summed E-state index contributed by atoms with van der Waals surface area (Å²) < 4.78 is 30.2. The molecule has 2 atom stereocenters. The molecule has 0 unspecified atom stereocenters. The van der Waals surface area contributed by atoms with Crippen LogP contribution in [0.4, 0.5) is 5.69 Å². The van der Waals surface area contributed by atoms with E-state index in [0.29, 0.717) is 44.2 Å². The molecule has 202 valence electrons. The van der Waals surface area contributed by atoms with Crippen molar-refractivity contribution in [1.29, 1.82) is 0 Å². The van der Waals surface area contributed by atoms with E-state index in [0.717, 1.165) is 12.8 Å². The number of pyridine rings is 1. The number of amides is 1. The molecule has 8 nitrogen and oxygen atoms in total. The molecule has 1 amide bonds. The molecule has 2 aliphatic rings. The highest BCUT2D eigenvalue weighted by atomic mass is 35.5. The summed E-state index contributed by atoms with van der Waals surface area (Å²) in [5.41, 5.74) is 2.80. The molecule has 39 heavy (non-hydrogen) atoms. The highest BCUT2D eigenvalue weighted by Gasteiger charge is 2.57. The third kappa shape index (κ3) is 4.74. The van der Waals surface area contributed by atoms with Crippen molar-refractivity contribution in [3.05, 3.63) is 92.9 Å². The smallest absolute Gasteiger partial charge is 0.339 e. The number of aryl methyl sites for hydroxylation is 2. The minimum Gasteiger partial charge on any atom is -0.622 e. The van der Waals surface area contributed by atoms with Gasteiger partial charge in [0.25, 0.3) is 9.84 Å². The third-order valence-corrected chi connectivity index (χ3v) is 10.2. The van der Waals surface area contributed by atoms with Crippen LogP contribution in [0.1, 0.15) is 53.5 Å². The topological polar surface area (TPSA) is 115 Å². The SMILES string of the molecule is CC(=O)NC[C@H](c1ccncc1[C@@]1(S(=O)(=O)c2cc(C)c(Cl)cc2C)C=Nc2ccccc2C=[N+]1[O-])C1CC1. The summed E-state index contributed by atoms with van der Waals surface area (Å²) in [6.45, 7) is 5.13. The quantitative estimate of drug-likeness (QED) is 0.322. The van der Waals surface area contributed by atoms with Crippen molar-refractivity contribution in [3.8, 4) is 0 Å². The summed E-state index contributed by atoms with van der Waals surface area (Å²) in [5, 5.41) is 17.6. The van der Waals surface area contributed by atoms with Gasteiger partial charge in [-0.1, -0.05) is 23.7 Å². The van der Waals surface area contributed by atoms with Crippen molar-refractivity contribution in [3.63, 3.8) is 0 Å². The zero-order valence-electron chi connectivity index (χ0n) is 21.9. The van der Waals surface area contributed by atoms with Gasteiger partial charge in [-0.3, -0.25) is 14.8 Å². The van der Waals surface area contributed by atoms with E-state index in [1.54, 1.807) is 56.4 Å². The standard InChI is InChI=1S/C29H29ClN4O4S/c1-18-13-28(19(2)12-26(18)30)39(37,38)29(17-33-27-7-5-4-6-22(27)16-34(29)36)25-15-31-11-10-23(25)24(21-8-9-21)14-32-20(3)35/h4-7,10-13,15-17,21,24H,8-9,14H2,1-3H3,(H,32,35)/t24-,29-/m0/s1. The summed E-state index contributed by atoms with van der Waals surface area (Å²) in [5.74, 6) is -0.156. The number of hydrogen-bond donors (Lipinski definition) is 1. The van der Waals surface area contributed by atoms with Crippen LogP contribution in [0.2, 0.25) is 5.02 Å². The minimum atomic E-state index is -4.48. The second-order valence-corrected chi connectivity index (χ2v) is 12.7. The lowest BCUT2D eigenvalue weighted by Gasteiger charge is -2.31. The number of aliphatic imine (C=N–C) groups is 1. The highest BCUT2D eigenvalue weighted by molar-refractivity contribution is 7.93. The molecule has 0 spiro atoms. The summed E-state index contributed by atoms with van der Waals surface area (Å²) >= 11 is 6.31. The molecule has 1 fully saturated rings. The molecule has 1 aromatic heterocycles. The molecule has 0 saturated heterocycles. The van der Waals surface area contributed by atoms with E-state index in [4.69, 9.17) is 11.6 Å². The first kappa shape index (κ1) is 27.0. The maximum Gasteiger partial charge on any atom is 0.339 e. The monoisotopic (exact) mass is 564 g/mol. The fraction of sp³-hybridized carbons (Fsp3) is 0.310. The molecule has 5 rings (SSSR count). The van der Waals surface area contributed by atoms with Crippen LogP contribution in [-0.4, -0.2) is 43.0 Å². The number of halogens is 1. The average molecular weight is 565 g/mol. The number of nitrogens with zero attached hydrogens (tertiary/aromatic N) is 3. The average Bonchev–Trinajstić information content (AvgIpc) is 3.74. The first-order valence-electron chi connectivity index (χ1n) is 12.7. The van der Waals surface area contributed by atoms with Crippen LogP contribution >= 0.6 is 11.6 Å². The van der Waals surface area contributed by atoms with Crippen LogP contribution < -0.4 is 5.32 Å². The Labute approximate surface area is 233 Å². The number of para-hydroxylation sites is 1. The maximum absolute atomic E-state index is 14.8. The summed E-state index contributed by atoms with van der Waals surface area (Å²) in [7, 11) is -4.48. The van der Waals surface area contributed by atoms with E-state index in [-0.39, 0.29) is 28.2 Å². The second-order valence-electron chi connectivity index (χ2n) is 10.2. The number of carbonyl (C=O) groups excluding carboxylic acids is 1. The zero-order valence-corrected chi connectivity index (χ0v) is 23.5. The predicted molar refractivity (Wildman–Crippen MR) is 152 cm³/mol. The van der Waals surface area contributed by atoms with E-state index in [1.807, 2.05) is 0 Å². The van der Waals surface area contributed by atoms with Gasteiger partial charge < -0.3 is 10.5 Å². The summed E-state index contributed by atoms with van der Waals surface area (Å²) in [4.78, 5) is 18.4. The molecule has 2 heterocycles. The van der Waals surface area contributed by atoms with Crippen LogP contribution in [0.25, 0.3) is 0 Å². The number of aromatic nitrogens is 1. The largest absolute Gasteiger partial charge is 0.622 e. The van der Waals surface area contributed by atoms with Crippen molar-refractivity contribution in [1.82, 2.24) is 10.3 Å². The van der Waals surface area contributed by atoms with E-state index in [9.17, 15) is 18.4 Å². The van der Waals surface area contributed by atoms with Gasteiger partial charge in [0, 0.05) is 36.8 Å². The van der Waals surface area contributed by atoms with Crippen molar-refractivity contribution in [2.24, 2.45) is 10.9 Å². The van der Waals surface area contributed by atoms with Gasteiger partial charge in [-0.2, -0.15) is 4.74 Å². The number of nitrogens with one attached hydrogen (secondary N) is 1. The van der Waals surface area contributed by atoms with Gasteiger partial charge >= 0.3 is 4.87 Å². The lowest BCUT2D eigenvalue weighted by atomic mass is 9.88. The summed E-state index contributed by atoms with van der Waals surface area (Å²) in [6.07, 6.45) is 7.40. The number of carbonyl (C=O) groups is 1. The first-order valence-corrected chi connectivity index (χ1v) is 14.6. The van der Waals surface area contributed by atoms with Gasteiger partial charge in [0.05, 0.1) is 27.9 Å². The molecule has 3 aromatic rings. The zero-order chi connectivity index (χ0) is 27.9. The molecular formula is C29H29ClN4O4S. The van der Waals surface area contributed by atoms with Crippen LogP contribution in [0.5, 0.6) is 0 Å². The first-order chi connectivity index (χ1) is 18.6. The highest BCUT2D eigenvalue weighted by Crippen LogP contribution is 2.47. The van der Waals surface area contributed by atoms with Gasteiger partial charge in [-0.15, -0.1) is 0 Å². The molecule has 1 aliphatic carbocycles. The minimum absolute atomic E-state index is 0.0179. The Kier molecular flexibility index (Phi) is 7.07. The Bertz CT molecular complexity index is 1630. The Balaban J connectivity index is 1.83. The third-order valence-electron chi connectivity index (χ3n) is 7.46. The number of rotatable bonds is 7.